The number of piperidine rings is 1. The van der Waals surface area contributed by atoms with Gasteiger partial charge in [0.25, 0.3) is 0 Å². The van der Waals surface area contributed by atoms with Crippen molar-refractivity contribution in [2.45, 2.75) is 38.6 Å². The maximum Gasteiger partial charge on any atom is 0.319 e. The van der Waals surface area contributed by atoms with Crippen LogP contribution in [0.2, 0.25) is 5.02 Å². The van der Waals surface area contributed by atoms with Gasteiger partial charge in [-0.15, -0.1) is 0 Å². The van der Waals surface area contributed by atoms with Gasteiger partial charge in [0.05, 0.1) is 18.1 Å². The van der Waals surface area contributed by atoms with E-state index < -0.39 is 12.1 Å². The number of anilines is 1. The molecule has 7 rings (SSSR count). The number of imidazole rings is 1. The third kappa shape index (κ3) is 4.72. The minimum Gasteiger partial charge on any atom is -0.463 e. The molecule has 0 amide bonds. The summed E-state index contributed by atoms with van der Waals surface area (Å²) in [7, 11) is 0. The molecule has 1 N–H and O–H groups in total. The summed E-state index contributed by atoms with van der Waals surface area (Å²) in [5.41, 5.74) is 0.776. The van der Waals surface area contributed by atoms with E-state index in [9.17, 15) is 9.50 Å². The Bertz CT molecular complexity index is 1790. The zero-order valence-corrected chi connectivity index (χ0v) is 23.7. The number of hydrogen-bond acceptors (Lipinski definition) is 7. The first-order valence-corrected chi connectivity index (χ1v) is 14.5. The first-order chi connectivity index (χ1) is 20.4. The molecule has 1 saturated heterocycles. The van der Waals surface area contributed by atoms with Gasteiger partial charge in [-0.2, -0.15) is 9.97 Å². The van der Waals surface area contributed by atoms with E-state index in [1.54, 1.807) is 30.7 Å². The van der Waals surface area contributed by atoms with Gasteiger partial charge < -0.3 is 19.3 Å². The largest absolute Gasteiger partial charge is 0.463 e. The van der Waals surface area contributed by atoms with Crippen LogP contribution in [0.3, 0.4) is 0 Å². The molecule has 11 heteroatoms. The van der Waals surface area contributed by atoms with Crippen LogP contribution in [-0.2, 0) is 6.42 Å². The molecule has 4 heterocycles. The van der Waals surface area contributed by atoms with Gasteiger partial charge in [0.15, 0.2) is 12.1 Å². The van der Waals surface area contributed by atoms with Crippen molar-refractivity contribution in [1.82, 2.24) is 24.5 Å². The third-order valence-electron chi connectivity index (χ3n) is 8.43. The fourth-order valence-corrected chi connectivity index (χ4v) is 6.79. The molecule has 0 radical (unpaired) electrons. The number of halogens is 3. The molecule has 2 aromatic carbocycles. The highest BCUT2D eigenvalue weighted by molar-refractivity contribution is 6.36. The summed E-state index contributed by atoms with van der Waals surface area (Å²) in [5, 5.41) is 13.1. The lowest BCUT2D eigenvalue weighted by atomic mass is 9.98. The van der Waals surface area contributed by atoms with Crippen LogP contribution in [0.4, 0.5) is 14.6 Å². The van der Waals surface area contributed by atoms with Gasteiger partial charge in [0.1, 0.15) is 22.9 Å². The van der Waals surface area contributed by atoms with Crippen molar-refractivity contribution in [3.63, 3.8) is 0 Å². The van der Waals surface area contributed by atoms with Gasteiger partial charge in [0, 0.05) is 60.0 Å². The van der Waals surface area contributed by atoms with Gasteiger partial charge in [-0.05, 0) is 37.1 Å². The van der Waals surface area contributed by atoms with E-state index in [4.69, 9.17) is 21.3 Å². The molecular weight excluding hydrogens is 562 g/mol. The maximum atomic E-state index is 16.5. The van der Waals surface area contributed by atoms with E-state index >= 15 is 4.39 Å². The molecule has 216 valence electrons. The van der Waals surface area contributed by atoms with Crippen molar-refractivity contribution in [1.29, 1.82) is 0 Å². The number of aromatic nitrogens is 5. The monoisotopic (exact) mass is 590 g/mol. The van der Waals surface area contributed by atoms with E-state index in [1.165, 1.54) is 11.5 Å². The molecule has 2 fully saturated rings. The number of benzene rings is 2. The summed E-state index contributed by atoms with van der Waals surface area (Å²) < 4.78 is 37.8. The summed E-state index contributed by atoms with van der Waals surface area (Å²) in [4.78, 5) is 20.1. The minimum atomic E-state index is -1.22. The lowest BCUT2D eigenvalue weighted by molar-refractivity contribution is 0.137. The SMILES string of the molecule is CC(F)n1ccnc1CCOc1nc(N2C[C@@H]3C[C@H](C2)[C@H](O)C3)c2cnc(-c3cccc4cccc(Cl)c34)c(F)c2n1. The van der Waals surface area contributed by atoms with Crippen molar-refractivity contribution < 1.29 is 18.6 Å². The highest BCUT2D eigenvalue weighted by Gasteiger charge is 2.40. The minimum absolute atomic E-state index is 0.00868. The number of aliphatic hydroxyl groups is 1. The molecule has 1 saturated carbocycles. The topological polar surface area (TPSA) is 89.2 Å². The summed E-state index contributed by atoms with van der Waals surface area (Å²) in [6, 6.07) is 11.1. The number of fused-ring (bicyclic) bond motifs is 4. The zero-order chi connectivity index (χ0) is 29.0. The normalized spacial score (nSPS) is 20.9. The average molecular weight is 591 g/mol. The van der Waals surface area contributed by atoms with Crippen molar-refractivity contribution in [3.8, 4) is 17.3 Å². The Labute approximate surface area is 246 Å². The summed E-state index contributed by atoms with van der Waals surface area (Å²) in [6.45, 7) is 2.84. The Kier molecular flexibility index (Phi) is 6.90. The molecule has 1 aliphatic carbocycles. The van der Waals surface area contributed by atoms with Crippen LogP contribution in [0.5, 0.6) is 6.01 Å². The zero-order valence-electron chi connectivity index (χ0n) is 22.9. The van der Waals surface area contributed by atoms with E-state index in [2.05, 4.69) is 19.9 Å². The Morgan fingerprint density at radius 1 is 1.12 bits per heavy atom. The van der Waals surface area contributed by atoms with Crippen molar-refractivity contribution in [2.24, 2.45) is 11.8 Å². The molecule has 0 spiro atoms. The van der Waals surface area contributed by atoms with E-state index in [0.717, 1.165) is 18.2 Å². The lowest BCUT2D eigenvalue weighted by Gasteiger charge is -2.33. The number of alkyl halides is 1. The molecule has 1 aliphatic heterocycles. The smallest absolute Gasteiger partial charge is 0.319 e. The highest BCUT2D eigenvalue weighted by Crippen LogP contribution is 2.41. The fraction of sp³-hybridized carbons (Fsp3) is 0.355. The second-order valence-electron chi connectivity index (χ2n) is 11.1. The summed E-state index contributed by atoms with van der Waals surface area (Å²) >= 11 is 6.56. The molecular formula is C31H29ClF2N6O2. The number of ether oxygens (including phenoxy) is 1. The third-order valence-corrected chi connectivity index (χ3v) is 8.74. The fourth-order valence-electron chi connectivity index (χ4n) is 6.51. The van der Waals surface area contributed by atoms with Gasteiger partial charge >= 0.3 is 6.01 Å². The van der Waals surface area contributed by atoms with E-state index in [-0.39, 0.29) is 35.8 Å². The predicted octanol–water partition coefficient (Wildman–Crippen LogP) is 6.15. The van der Waals surface area contributed by atoms with Crippen molar-refractivity contribution >= 4 is 39.1 Å². The quantitative estimate of drug-likeness (QED) is 0.243. The van der Waals surface area contributed by atoms with Gasteiger partial charge in [0.2, 0.25) is 0 Å². The number of pyridine rings is 1. The number of rotatable bonds is 7. The molecule has 3 aromatic heterocycles. The molecule has 5 aromatic rings. The van der Waals surface area contributed by atoms with Crippen LogP contribution < -0.4 is 9.64 Å². The van der Waals surface area contributed by atoms with Crippen LogP contribution in [-0.4, -0.2) is 55.4 Å². The first-order valence-electron chi connectivity index (χ1n) is 14.1. The molecule has 8 nitrogen and oxygen atoms in total. The second kappa shape index (κ2) is 10.7. The Hall–Kier alpha value is -3.89. The molecule has 2 aliphatic rings. The Morgan fingerprint density at radius 2 is 1.95 bits per heavy atom. The number of nitrogens with zero attached hydrogens (tertiary/aromatic N) is 6. The average Bonchev–Trinajstić information content (AvgIpc) is 3.56. The van der Waals surface area contributed by atoms with Crippen LogP contribution in [0.1, 0.15) is 31.9 Å². The van der Waals surface area contributed by atoms with E-state index in [1.807, 2.05) is 24.3 Å². The van der Waals surface area contributed by atoms with Gasteiger partial charge in [-0.25, -0.2) is 13.8 Å². The molecule has 4 atom stereocenters. The first kappa shape index (κ1) is 27.0. The van der Waals surface area contributed by atoms with E-state index in [0.29, 0.717) is 58.4 Å². The van der Waals surface area contributed by atoms with Crippen LogP contribution in [0.15, 0.2) is 55.0 Å². The standard InChI is InChI=1S/C31H29ClF2N6O2/c1-17(33)40-10-9-35-25(40)8-11-42-31-37-29-22(30(38-31)39-15-18-12-20(16-39)24(41)13-18)14-36-28(27(29)34)21-6-2-4-19-5-3-7-23(32)26(19)21/h2-7,9-10,14,17-18,20,24,41H,8,11-13,15-16H2,1H3/t17?,18-,20-,24-/m1/s1. The predicted molar refractivity (Wildman–Crippen MR) is 157 cm³/mol. The second-order valence-corrected chi connectivity index (χ2v) is 11.6. The number of hydrogen-bond donors (Lipinski definition) is 1. The Morgan fingerprint density at radius 3 is 2.76 bits per heavy atom. The molecule has 2 bridgehead atoms. The summed E-state index contributed by atoms with van der Waals surface area (Å²) in [6.07, 6.45) is 5.16. The summed E-state index contributed by atoms with van der Waals surface area (Å²) in [5.74, 6) is 0.888. The van der Waals surface area contributed by atoms with Crippen LogP contribution in [0, 0.1) is 17.7 Å². The maximum absolute atomic E-state index is 16.5. The lowest BCUT2D eigenvalue weighted by Crippen LogP contribution is -2.38. The Balaban J connectivity index is 1.31. The highest BCUT2D eigenvalue weighted by atomic mass is 35.5. The number of aliphatic hydroxyl groups excluding tert-OH is 1. The molecule has 42 heavy (non-hydrogen) atoms. The van der Waals surface area contributed by atoms with Gasteiger partial charge in [-0.1, -0.05) is 41.9 Å². The van der Waals surface area contributed by atoms with Gasteiger partial charge in [-0.3, -0.25) is 4.98 Å². The molecule has 1 unspecified atom stereocenters. The van der Waals surface area contributed by atoms with Crippen molar-refractivity contribution in [3.05, 3.63) is 71.7 Å². The van der Waals surface area contributed by atoms with Crippen LogP contribution in [0.25, 0.3) is 32.9 Å². The van der Waals surface area contributed by atoms with Crippen LogP contribution >= 0.6 is 11.6 Å². The van der Waals surface area contributed by atoms with Crippen molar-refractivity contribution in [2.75, 3.05) is 24.6 Å².